The molecule has 0 heterocycles. The van der Waals surface area contributed by atoms with Crippen LogP contribution in [0, 0.1) is 0 Å². The molecule has 0 saturated carbocycles. The van der Waals surface area contributed by atoms with Crippen molar-refractivity contribution >= 4 is 24.4 Å². The topological polar surface area (TPSA) is 9.23 Å². The number of hydrogen-bond acceptors (Lipinski definition) is 3. The van der Waals surface area contributed by atoms with Crippen LogP contribution in [0.25, 0.3) is 0 Å². The highest BCUT2D eigenvalue weighted by atomic mass is 32.2. The summed E-state index contributed by atoms with van der Waals surface area (Å²) in [7, 11) is 0. The van der Waals surface area contributed by atoms with Crippen molar-refractivity contribution in [2.75, 3.05) is 24.7 Å². The van der Waals surface area contributed by atoms with Crippen LogP contribution in [0.4, 0.5) is 0 Å². The Labute approximate surface area is 108 Å². The first kappa shape index (κ1) is 13.9. The van der Waals surface area contributed by atoms with Gasteiger partial charge in [-0.25, -0.2) is 0 Å². The lowest BCUT2D eigenvalue weighted by atomic mass is 10.0. The number of ether oxygens (including phenoxy) is 1. The molecule has 0 amide bonds. The Hall–Kier alpha value is -0.120. The number of rotatable bonds is 7. The lowest BCUT2D eigenvalue weighted by Crippen LogP contribution is -1.99. The van der Waals surface area contributed by atoms with Crippen molar-refractivity contribution in [3.05, 3.63) is 29.8 Å². The molecule has 1 aromatic rings. The molecular weight excluding hydrogens is 236 g/mol. The van der Waals surface area contributed by atoms with E-state index >= 15 is 0 Å². The van der Waals surface area contributed by atoms with E-state index in [2.05, 4.69) is 50.7 Å². The molecule has 0 saturated heterocycles. The molecule has 1 nitrogen and oxygen atoms in total. The summed E-state index contributed by atoms with van der Waals surface area (Å²) in [6.07, 6.45) is 0. The molecule has 0 radical (unpaired) electrons. The van der Waals surface area contributed by atoms with Gasteiger partial charge in [0.05, 0.1) is 13.2 Å². The van der Waals surface area contributed by atoms with Crippen LogP contribution in [-0.2, 0) is 4.74 Å². The minimum atomic E-state index is 0.609. The smallest absolute Gasteiger partial charge is 0.0560 e. The highest BCUT2D eigenvalue weighted by molar-refractivity contribution is 7.99. The Morgan fingerprint density at radius 1 is 1.19 bits per heavy atom. The van der Waals surface area contributed by atoms with Crippen molar-refractivity contribution in [2.45, 2.75) is 24.7 Å². The van der Waals surface area contributed by atoms with E-state index < -0.39 is 0 Å². The van der Waals surface area contributed by atoms with Crippen LogP contribution >= 0.6 is 24.4 Å². The standard InChI is InChI=1S/C13H20OS2/c1-11(2)12-3-5-13(6-4-12)16-10-8-14-7-9-15/h3-6,11,15H,7-10H2,1-2H3. The maximum Gasteiger partial charge on any atom is 0.0560 e. The van der Waals surface area contributed by atoms with E-state index in [1.54, 1.807) is 0 Å². The molecule has 0 bridgehead atoms. The van der Waals surface area contributed by atoms with Gasteiger partial charge >= 0.3 is 0 Å². The highest BCUT2D eigenvalue weighted by Gasteiger charge is 1.99. The van der Waals surface area contributed by atoms with Crippen LogP contribution in [0.1, 0.15) is 25.3 Å². The third-order valence-corrected chi connectivity index (χ3v) is 3.44. The Balaban J connectivity index is 2.27. The first-order valence-corrected chi connectivity index (χ1v) is 7.27. The van der Waals surface area contributed by atoms with E-state index in [0.29, 0.717) is 5.92 Å². The molecular formula is C13H20OS2. The summed E-state index contributed by atoms with van der Waals surface area (Å²) < 4.78 is 5.37. The number of hydrogen-bond donors (Lipinski definition) is 1. The summed E-state index contributed by atoms with van der Waals surface area (Å²) in [4.78, 5) is 1.32. The lowest BCUT2D eigenvalue weighted by molar-refractivity contribution is 0.167. The van der Waals surface area contributed by atoms with E-state index in [1.807, 2.05) is 11.8 Å². The summed E-state index contributed by atoms with van der Waals surface area (Å²) in [6.45, 7) is 5.98. The summed E-state index contributed by atoms with van der Waals surface area (Å²) >= 11 is 5.93. The lowest BCUT2D eigenvalue weighted by Gasteiger charge is -2.06. The second kappa shape index (κ2) is 8.04. The van der Waals surface area contributed by atoms with Crippen LogP contribution < -0.4 is 0 Å². The zero-order valence-electron chi connectivity index (χ0n) is 9.98. The van der Waals surface area contributed by atoms with Gasteiger partial charge in [-0.2, -0.15) is 12.6 Å². The molecule has 0 atom stereocenters. The van der Waals surface area contributed by atoms with Crippen molar-refractivity contribution in [1.29, 1.82) is 0 Å². The van der Waals surface area contributed by atoms with Gasteiger partial charge in [0.1, 0.15) is 0 Å². The molecule has 1 aromatic carbocycles. The van der Waals surface area contributed by atoms with Gasteiger partial charge in [-0.3, -0.25) is 0 Å². The quantitative estimate of drug-likeness (QED) is 0.451. The second-order valence-corrected chi connectivity index (χ2v) is 5.52. The highest BCUT2D eigenvalue weighted by Crippen LogP contribution is 2.21. The van der Waals surface area contributed by atoms with Gasteiger partial charge in [-0.05, 0) is 23.6 Å². The molecule has 1 rings (SSSR count). The first-order valence-electron chi connectivity index (χ1n) is 5.65. The Morgan fingerprint density at radius 3 is 2.44 bits per heavy atom. The first-order chi connectivity index (χ1) is 7.74. The van der Waals surface area contributed by atoms with Gasteiger partial charge in [0.25, 0.3) is 0 Å². The van der Waals surface area contributed by atoms with Gasteiger partial charge in [0, 0.05) is 16.4 Å². The van der Waals surface area contributed by atoms with Crippen molar-refractivity contribution in [3.8, 4) is 0 Å². The molecule has 16 heavy (non-hydrogen) atoms. The predicted molar refractivity (Wildman–Crippen MR) is 75.9 cm³/mol. The summed E-state index contributed by atoms with van der Waals surface area (Å²) in [5.41, 5.74) is 1.40. The van der Waals surface area contributed by atoms with Crippen LogP contribution in [-0.4, -0.2) is 24.7 Å². The molecule has 0 aromatic heterocycles. The number of thiol groups is 1. The average Bonchev–Trinajstić information content (AvgIpc) is 2.29. The summed E-state index contributed by atoms with van der Waals surface area (Å²) in [6, 6.07) is 8.81. The van der Waals surface area contributed by atoms with Gasteiger partial charge in [0.2, 0.25) is 0 Å². The largest absolute Gasteiger partial charge is 0.380 e. The Morgan fingerprint density at radius 2 is 1.88 bits per heavy atom. The third kappa shape index (κ3) is 5.28. The molecule has 90 valence electrons. The monoisotopic (exact) mass is 256 g/mol. The van der Waals surface area contributed by atoms with E-state index in [1.165, 1.54) is 10.5 Å². The SMILES string of the molecule is CC(C)c1ccc(SCCOCCS)cc1. The maximum atomic E-state index is 5.37. The number of benzene rings is 1. The van der Waals surface area contributed by atoms with Gasteiger partial charge in [-0.1, -0.05) is 26.0 Å². The molecule has 3 heteroatoms. The van der Waals surface area contributed by atoms with Gasteiger partial charge < -0.3 is 4.74 Å². The average molecular weight is 256 g/mol. The zero-order valence-corrected chi connectivity index (χ0v) is 11.7. The molecule has 0 fully saturated rings. The van der Waals surface area contributed by atoms with Gasteiger partial charge in [0.15, 0.2) is 0 Å². The fourth-order valence-electron chi connectivity index (χ4n) is 1.33. The van der Waals surface area contributed by atoms with Crippen molar-refractivity contribution in [3.63, 3.8) is 0 Å². The van der Waals surface area contributed by atoms with Crippen LogP contribution in [0.2, 0.25) is 0 Å². The van der Waals surface area contributed by atoms with Crippen molar-refractivity contribution in [2.24, 2.45) is 0 Å². The van der Waals surface area contributed by atoms with E-state index in [4.69, 9.17) is 4.74 Å². The maximum absolute atomic E-state index is 5.37. The molecule has 0 aliphatic rings. The Bertz CT molecular complexity index is 282. The predicted octanol–water partition coefficient (Wildman–Crippen LogP) is 3.85. The normalized spacial score (nSPS) is 11.0. The van der Waals surface area contributed by atoms with E-state index in [0.717, 1.165) is 24.7 Å². The third-order valence-electron chi connectivity index (χ3n) is 2.28. The fraction of sp³-hybridized carbons (Fsp3) is 0.538. The van der Waals surface area contributed by atoms with Crippen molar-refractivity contribution < 1.29 is 4.74 Å². The van der Waals surface area contributed by atoms with Crippen molar-refractivity contribution in [1.82, 2.24) is 0 Å². The van der Waals surface area contributed by atoms with Crippen LogP contribution in [0.5, 0.6) is 0 Å². The van der Waals surface area contributed by atoms with Gasteiger partial charge in [-0.15, -0.1) is 11.8 Å². The minimum absolute atomic E-state index is 0.609. The molecule has 0 spiro atoms. The summed E-state index contributed by atoms with van der Waals surface area (Å²) in [5, 5.41) is 0. The zero-order chi connectivity index (χ0) is 11.8. The minimum Gasteiger partial charge on any atom is -0.380 e. The van der Waals surface area contributed by atoms with E-state index in [-0.39, 0.29) is 0 Å². The van der Waals surface area contributed by atoms with E-state index in [9.17, 15) is 0 Å². The fourth-order valence-corrected chi connectivity index (χ4v) is 2.23. The molecule has 0 aliphatic heterocycles. The van der Waals surface area contributed by atoms with Crippen LogP contribution in [0.3, 0.4) is 0 Å². The second-order valence-electron chi connectivity index (χ2n) is 3.91. The molecule has 0 N–H and O–H groups in total. The number of thioether (sulfide) groups is 1. The molecule has 0 aliphatic carbocycles. The Kier molecular flexibility index (Phi) is 7.01. The molecule has 0 unspecified atom stereocenters. The summed E-state index contributed by atoms with van der Waals surface area (Å²) in [5.74, 6) is 2.42. The van der Waals surface area contributed by atoms with Crippen LogP contribution in [0.15, 0.2) is 29.2 Å².